The molecule has 160 valence electrons. The van der Waals surface area contributed by atoms with Crippen molar-refractivity contribution in [2.45, 2.75) is 118 Å². The van der Waals surface area contributed by atoms with Gasteiger partial charge in [-0.3, -0.25) is 4.90 Å². The summed E-state index contributed by atoms with van der Waals surface area (Å²) in [4.78, 5) is 2.71. The van der Waals surface area contributed by atoms with Crippen molar-refractivity contribution in [1.82, 2.24) is 19.9 Å². The van der Waals surface area contributed by atoms with Crippen LogP contribution in [0.2, 0.25) is 0 Å². The second-order valence-corrected chi connectivity index (χ2v) is 7.88. The van der Waals surface area contributed by atoms with Gasteiger partial charge in [-0.1, -0.05) is 90.2 Å². The van der Waals surface area contributed by atoms with Crippen molar-refractivity contribution >= 4 is 12.7 Å². The van der Waals surface area contributed by atoms with Crippen LogP contribution in [-0.4, -0.2) is 32.0 Å². The lowest BCUT2D eigenvalue weighted by Gasteiger charge is -2.37. The van der Waals surface area contributed by atoms with Crippen molar-refractivity contribution in [2.75, 3.05) is 0 Å². The van der Waals surface area contributed by atoms with E-state index in [1.165, 1.54) is 64.2 Å². The first-order chi connectivity index (χ1) is 13.6. The van der Waals surface area contributed by atoms with E-state index in [0.29, 0.717) is 12.1 Å². The van der Waals surface area contributed by atoms with Crippen molar-refractivity contribution < 1.29 is 0 Å². The smallest absolute Gasteiger partial charge is 0.106 e. The van der Waals surface area contributed by atoms with E-state index in [4.69, 9.17) is 0 Å². The Balaban J connectivity index is 3.13. The Kier molecular flexibility index (Phi) is 12.8. The van der Waals surface area contributed by atoms with Crippen LogP contribution in [0.25, 0.3) is 12.7 Å². The molecule has 4 nitrogen and oxygen atoms in total. The zero-order valence-electron chi connectivity index (χ0n) is 19.2. The van der Waals surface area contributed by atoms with Gasteiger partial charge in [-0.25, -0.2) is 4.68 Å². The molecule has 0 radical (unpaired) electrons. The zero-order chi connectivity index (χ0) is 20.8. The molecule has 0 aliphatic rings. The average Bonchev–Trinajstić information content (AvgIpc) is 3.05. The van der Waals surface area contributed by atoms with Gasteiger partial charge in [0, 0.05) is 12.1 Å². The maximum absolute atomic E-state index is 4.43. The van der Waals surface area contributed by atoms with Crippen LogP contribution < -0.4 is 10.7 Å². The third-order valence-corrected chi connectivity index (χ3v) is 5.75. The normalized spacial score (nSPS) is 15.0. The Bertz CT molecular complexity index is 628. The Hall–Kier alpha value is -1.42. The van der Waals surface area contributed by atoms with Crippen LogP contribution in [0.4, 0.5) is 0 Å². The topological polar surface area (TPSA) is 34.0 Å². The van der Waals surface area contributed by atoms with Gasteiger partial charge < -0.3 is 0 Å². The van der Waals surface area contributed by atoms with E-state index >= 15 is 0 Å². The Morgan fingerprint density at radius 3 is 2.00 bits per heavy atom. The van der Waals surface area contributed by atoms with Crippen LogP contribution in [0.5, 0.6) is 0 Å². The molecule has 0 bridgehead atoms. The van der Waals surface area contributed by atoms with E-state index in [2.05, 4.69) is 55.6 Å². The highest BCUT2D eigenvalue weighted by atomic mass is 15.5. The maximum Gasteiger partial charge on any atom is 0.106 e. The first-order valence-corrected chi connectivity index (χ1v) is 11.6. The highest BCUT2D eigenvalue weighted by Gasteiger charge is 2.24. The summed E-state index contributed by atoms with van der Waals surface area (Å²) in [7, 11) is 0. The van der Waals surface area contributed by atoms with Crippen molar-refractivity contribution in [3.63, 3.8) is 0 Å². The third-order valence-electron chi connectivity index (χ3n) is 5.75. The molecule has 0 aromatic carbocycles. The fraction of sp³-hybridized carbons (Fsp3) is 0.750. The SMILES string of the molecule is C=c1nnn(CN(C(CC)CCCCC)C(CC)CCCCC)/c1=C/C=C\C. The van der Waals surface area contributed by atoms with E-state index < -0.39 is 0 Å². The highest BCUT2D eigenvalue weighted by molar-refractivity contribution is 5.33. The zero-order valence-corrected chi connectivity index (χ0v) is 19.2. The molecule has 4 heteroatoms. The molecule has 0 aliphatic heterocycles. The van der Waals surface area contributed by atoms with Gasteiger partial charge in [0.15, 0.2) is 0 Å². The number of hydrogen-bond donors (Lipinski definition) is 0. The summed E-state index contributed by atoms with van der Waals surface area (Å²) in [6.07, 6.45) is 18.9. The maximum atomic E-state index is 4.43. The number of rotatable bonds is 15. The number of nitrogens with zero attached hydrogens (tertiary/aromatic N) is 4. The molecule has 0 saturated heterocycles. The number of allylic oxidation sites excluding steroid dienone is 2. The molecular formula is C24H44N4. The quantitative estimate of drug-likeness (QED) is 0.396. The van der Waals surface area contributed by atoms with Gasteiger partial charge in [0.25, 0.3) is 0 Å². The molecule has 1 aromatic heterocycles. The molecule has 0 spiro atoms. The summed E-state index contributed by atoms with van der Waals surface area (Å²) in [6.45, 7) is 16.2. The Labute approximate surface area is 173 Å². The van der Waals surface area contributed by atoms with Crippen LogP contribution >= 0.6 is 0 Å². The molecule has 0 amide bonds. The van der Waals surface area contributed by atoms with Crippen LogP contribution in [-0.2, 0) is 6.67 Å². The molecule has 1 aromatic rings. The average molecular weight is 389 g/mol. The summed E-state index contributed by atoms with van der Waals surface area (Å²) in [6, 6.07) is 1.20. The molecule has 0 aliphatic carbocycles. The summed E-state index contributed by atoms with van der Waals surface area (Å²) >= 11 is 0. The van der Waals surface area contributed by atoms with Gasteiger partial charge in [-0.2, -0.15) is 0 Å². The Morgan fingerprint density at radius 2 is 1.54 bits per heavy atom. The molecule has 0 saturated carbocycles. The first-order valence-electron chi connectivity index (χ1n) is 11.6. The number of unbranched alkanes of at least 4 members (excludes halogenated alkanes) is 4. The highest BCUT2D eigenvalue weighted by Crippen LogP contribution is 2.22. The standard InChI is InChI=1S/C24H44N4/c1-7-12-15-17-22(10-4)27(23(11-5)18-16-13-8-2)20-28-24(19-14-9-3)21(6)25-26-28/h9,14,19,22-23H,6-8,10-13,15-18,20H2,1-5H3/b14-9-,24-19+. The fourth-order valence-electron chi connectivity index (χ4n) is 3.98. The van der Waals surface area contributed by atoms with Gasteiger partial charge in [0.1, 0.15) is 5.35 Å². The van der Waals surface area contributed by atoms with E-state index in [1.807, 2.05) is 23.8 Å². The number of hydrogen-bond acceptors (Lipinski definition) is 3. The van der Waals surface area contributed by atoms with Gasteiger partial charge >= 0.3 is 0 Å². The van der Waals surface area contributed by atoms with E-state index in [0.717, 1.165) is 17.4 Å². The molecule has 2 unspecified atom stereocenters. The lowest BCUT2D eigenvalue weighted by Crippen LogP contribution is -2.46. The molecule has 28 heavy (non-hydrogen) atoms. The number of aromatic nitrogens is 3. The minimum atomic E-state index is 0.602. The van der Waals surface area contributed by atoms with Gasteiger partial charge in [0.05, 0.1) is 12.0 Å². The summed E-state index contributed by atoms with van der Waals surface area (Å²) < 4.78 is 2.05. The second kappa shape index (κ2) is 14.6. The second-order valence-electron chi connectivity index (χ2n) is 7.88. The summed E-state index contributed by atoms with van der Waals surface area (Å²) in [5.74, 6) is 0. The Morgan fingerprint density at radius 1 is 0.964 bits per heavy atom. The lowest BCUT2D eigenvalue weighted by molar-refractivity contribution is 0.0661. The minimum Gasteiger partial charge on any atom is -0.278 e. The van der Waals surface area contributed by atoms with Crippen molar-refractivity contribution in [1.29, 1.82) is 0 Å². The monoisotopic (exact) mass is 388 g/mol. The van der Waals surface area contributed by atoms with Crippen LogP contribution in [0.3, 0.4) is 0 Å². The van der Waals surface area contributed by atoms with Gasteiger partial charge in [-0.05, 0) is 38.7 Å². The molecule has 0 fully saturated rings. The van der Waals surface area contributed by atoms with Crippen molar-refractivity contribution in [2.24, 2.45) is 0 Å². The molecule has 2 atom stereocenters. The molecular weight excluding hydrogens is 344 g/mol. The van der Waals surface area contributed by atoms with E-state index in [-0.39, 0.29) is 0 Å². The summed E-state index contributed by atoms with van der Waals surface area (Å²) in [5.41, 5.74) is 0. The molecule has 1 rings (SSSR count). The van der Waals surface area contributed by atoms with Gasteiger partial charge in [-0.15, -0.1) is 5.10 Å². The van der Waals surface area contributed by atoms with Crippen molar-refractivity contribution in [3.05, 3.63) is 22.9 Å². The largest absolute Gasteiger partial charge is 0.278 e. The molecule has 1 heterocycles. The predicted molar refractivity (Wildman–Crippen MR) is 122 cm³/mol. The third kappa shape index (κ3) is 7.90. The van der Waals surface area contributed by atoms with Crippen molar-refractivity contribution in [3.8, 4) is 0 Å². The molecule has 0 N–H and O–H groups in total. The lowest BCUT2D eigenvalue weighted by atomic mass is 9.98. The van der Waals surface area contributed by atoms with E-state index in [9.17, 15) is 0 Å². The minimum absolute atomic E-state index is 0.602. The van der Waals surface area contributed by atoms with Crippen LogP contribution in [0.15, 0.2) is 12.2 Å². The first kappa shape index (κ1) is 24.6. The van der Waals surface area contributed by atoms with Gasteiger partial charge in [0.2, 0.25) is 0 Å². The van der Waals surface area contributed by atoms with Crippen LogP contribution in [0, 0.1) is 0 Å². The van der Waals surface area contributed by atoms with E-state index in [1.54, 1.807) is 0 Å². The summed E-state index contributed by atoms with van der Waals surface area (Å²) in [5, 5.41) is 10.5. The van der Waals surface area contributed by atoms with Crippen LogP contribution in [0.1, 0.15) is 98.8 Å². The fourth-order valence-corrected chi connectivity index (χ4v) is 3.98. The predicted octanol–water partition coefficient (Wildman–Crippen LogP) is 5.02.